The molecule has 6 heteroatoms. The molecule has 0 saturated carbocycles. The number of anilines is 1. The molecule has 0 N–H and O–H groups in total. The Balaban J connectivity index is 1.60. The molecule has 0 radical (unpaired) electrons. The number of para-hydroxylation sites is 2. The van der Waals surface area contributed by atoms with Gasteiger partial charge < -0.3 is 19.0 Å². The number of benzene rings is 1. The predicted molar refractivity (Wildman–Crippen MR) is 93.2 cm³/mol. The number of aromatic nitrogens is 1. The number of oxazole rings is 1. The first-order chi connectivity index (χ1) is 11.3. The molecule has 3 rings (SSSR count). The number of amides is 1. The lowest BCUT2D eigenvalue weighted by molar-refractivity contribution is 0.0205. The zero-order valence-electron chi connectivity index (χ0n) is 14.8. The fourth-order valence-corrected chi connectivity index (χ4v) is 2.93. The Morgan fingerprint density at radius 1 is 1.29 bits per heavy atom. The molecule has 1 amide bonds. The summed E-state index contributed by atoms with van der Waals surface area (Å²) in [4.78, 5) is 20.5. The normalized spacial score (nSPS) is 16.4. The number of ether oxygens (including phenoxy) is 1. The Labute approximate surface area is 142 Å². The highest BCUT2D eigenvalue weighted by atomic mass is 16.6. The smallest absolute Gasteiger partial charge is 0.410 e. The highest BCUT2D eigenvalue weighted by molar-refractivity contribution is 5.74. The molecule has 2 heterocycles. The van der Waals surface area contributed by atoms with Crippen LogP contribution in [0.3, 0.4) is 0 Å². The Kier molecular flexibility index (Phi) is 4.39. The first-order valence-electron chi connectivity index (χ1n) is 8.40. The zero-order chi connectivity index (χ0) is 17.3. The van der Waals surface area contributed by atoms with Crippen molar-refractivity contribution >= 4 is 23.2 Å². The van der Waals surface area contributed by atoms with Crippen LogP contribution in [0.4, 0.5) is 10.8 Å². The summed E-state index contributed by atoms with van der Waals surface area (Å²) in [6, 6.07) is 8.69. The molecule has 1 fully saturated rings. The fraction of sp³-hybridized carbons (Fsp3) is 0.556. The minimum atomic E-state index is -0.455. The average Bonchev–Trinajstić information content (AvgIpc) is 2.96. The number of hydrogen-bond acceptors (Lipinski definition) is 5. The van der Waals surface area contributed by atoms with Crippen LogP contribution in [0.15, 0.2) is 28.7 Å². The van der Waals surface area contributed by atoms with Crippen molar-refractivity contribution in [3.05, 3.63) is 24.3 Å². The molecule has 6 nitrogen and oxygen atoms in total. The van der Waals surface area contributed by atoms with E-state index in [-0.39, 0.29) is 6.09 Å². The molecule has 0 atom stereocenters. The van der Waals surface area contributed by atoms with Gasteiger partial charge in [0, 0.05) is 26.2 Å². The predicted octanol–water partition coefficient (Wildman–Crippen LogP) is 3.66. The van der Waals surface area contributed by atoms with Crippen LogP contribution in [-0.4, -0.2) is 47.8 Å². The van der Waals surface area contributed by atoms with Crippen LogP contribution in [0.5, 0.6) is 0 Å². The van der Waals surface area contributed by atoms with Crippen LogP contribution in [0.2, 0.25) is 0 Å². The summed E-state index contributed by atoms with van der Waals surface area (Å²) < 4.78 is 11.3. The highest BCUT2D eigenvalue weighted by Crippen LogP contribution is 2.26. The Morgan fingerprint density at radius 2 is 1.96 bits per heavy atom. The molecule has 1 aromatic heterocycles. The lowest BCUT2D eigenvalue weighted by Crippen LogP contribution is -2.47. The SMILES string of the molecule is CN(c1nc2ccccc2o1)C1CCN(C(=O)OC(C)(C)C)CC1. The molecule has 1 aromatic carbocycles. The van der Waals surface area contributed by atoms with E-state index in [1.165, 1.54) is 0 Å². The van der Waals surface area contributed by atoms with Crippen molar-refractivity contribution in [1.82, 2.24) is 9.88 Å². The third kappa shape index (κ3) is 3.63. The molecule has 0 bridgehead atoms. The topological polar surface area (TPSA) is 58.8 Å². The summed E-state index contributed by atoms with van der Waals surface area (Å²) in [6.07, 6.45) is 1.51. The van der Waals surface area contributed by atoms with Crippen molar-refractivity contribution in [2.75, 3.05) is 25.0 Å². The number of carbonyl (C=O) groups excluding carboxylic acids is 1. The summed E-state index contributed by atoms with van der Waals surface area (Å²) >= 11 is 0. The quantitative estimate of drug-likeness (QED) is 0.840. The standard InChI is InChI=1S/C18H25N3O3/c1-18(2,3)24-17(22)21-11-9-13(10-12-21)20(4)16-19-14-7-5-6-8-15(14)23-16/h5-8,13H,9-12H2,1-4H3. The molecular weight excluding hydrogens is 306 g/mol. The third-order valence-electron chi connectivity index (χ3n) is 4.25. The highest BCUT2D eigenvalue weighted by Gasteiger charge is 2.29. The number of carbonyl (C=O) groups is 1. The second-order valence-electron chi connectivity index (χ2n) is 7.27. The maximum absolute atomic E-state index is 12.1. The molecule has 0 aliphatic carbocycles. The molecular formula is C18H25N3O3. The van der Waals surface area contributed by atoms with Gasteiger partial charge in [0.05, 0.1) is 0 Å². The van der Waals surface area contributed by atoms with Crippen LogP contribution in [0, 0.1) is 0 Å². The summed E-state index contributed by atoms with van der Waals surface area (Å²) in [6.45, 7) is 7.03. The maximum Gasteiger partial charge on any atom is 0.410 e. The van der Waals surface area contributed by atoms with Gasteiger partial charge in [-0.2, -0.15) is 4.98 Å². The van der Waals surface area contributed by atoms with Gasteiger partial charge in [0.2, 0.25) is 0 Å². The van der Waals surface area contributed by atoms with Crippen molar-refractivity contribution < 1.29 is 13.9 Å². The number of nitrogens with zero attached hydrogens (tertiary/aromatic N) is 3. The van der Waals surface area contributed by atoms with E-state index in [2.05, 4.69) is 9.88 Å². The molecule has 1 aliphatic heterocycles. The minimum absolute atomic E-state index is 0.231. The van der Waals surface area contributed by atoms with Gasteiger partial charge in [-0.05, 0) is 45.7 Å². The van der Waals surface area contributed by atoms with Crippen molar-refractivity contribution in [2.45, 2.75) is 45.3 Å². The van der Waals surface area contributed by atoms with Gasteiger partial charge in [0.15, 0.2) is 5.58 Å². The fourth-order valence-electron chi connectivity index (χ4n) is 2.93. The van der Waals surface area contributed by atoms with Gasteiger partial charge in [0.25, 0.3) is 6.01 Å². The van der Waals surface area contributed by atoms with E-state index in [0.717, 1.165) is 23.9 Å². The number of likely N-dealkylation sites (tertiary alicyclic amines) is 1. The summed E-state index contributed by atoms with van der Waals surface area (Å²) in [7, 11) is 2.00. The second kappa shape index (κ2) is 6.34. The van der Waals surface area contributed by atoms with Crippen LogP contribution in [0.25, 0.3) is 11.1 Å². The van der Waals surface area contributed by atoms with Crippen LogP contribution < -0.4 is 4.90 Å². The van der Waals surface area contributed by atoms with Crippen molar-refractivity contribution in [3.8, 4) is 0 Å². The van der Waals surface area contributed by atoms with E-state index in [4.69, 9.17) is 9.15 Å². The Hall–Kier alpha value is -2.24. The van der Waals surface area contributed by atoms with Crippen molar-refractivity contribution in [1.29, 1.82) is 0 Å². The number of rotatable bonds is 2. The average molecular weight is 331 g/mol. The molecule has 1 aliphatic rings. The third-order valence-corrected chi connectivity index (χ3v) is 4.25. The van der Waals surface area contributed by atoms with Gasteiger partial charge in [-0.1, -0.05) is 12.1 Å². The van der Waals surface area contributed by atoms with Gasteiger partial charge in [0.1, 0.15) is 11.1 Å². The van der Waals surface area contributed by atoms with E-state index in [1.807, 2.05) is 52.1 Å². The number of hydrogen-bond donors (Lipinski definition) is 0. The van der Waals surface area contributed by atoms with E-state index in [1.54, 1.807) is 4.90 Å². The van der Waals surface area contributed by atoms with Gasteiger partial charge in [-0.15, -0.1) is 0 Å². The summed E-state index contributed by atoms with van der Waals surface area (Å²) in [5.74, 6) is 0. The maximum atomic E-state index is 12.1. The lowest BCUT2D eigenvalue weighted by atomic mass is 10.0. The first kappa shape index (κ1) is 16.6. The van der Waals surface area contributed by atoms with Crippen LogP contribution >= 0.6 is 0 Å². The molecule has 1 saturated heterocycles. The Morgan fingerprint density at radius 3 is 2.58 bits per heavy atom. The zero-order valence-corrected chi connectivity index (χ0v) is 14.8. The molecule has 24 heavy (non-hydrogen) atoms. The molecule has 0 unspecified atom stereocenters. The molecule has 0 spiro atoms. The van der Waals surface area contributed by atoms with E-state index in [9.17, 15) is 4.79 Å². The van der Waals surface area contributed by atoms with E-state index >= 15 is 0 Å². The van der Waals surface area contributed by atoms with Gasteiger partial charge in [-0.3, -0.25) is 0 Å². The van der Waals surface area contributed by atoms with Crippen LogP contribution in [-0.2, 0) is 4.74 Å². The molecule has 2 aromatic rings. The number of fused-ring (bicyclic) bond motifs is 1. The van der Waals surface area contributed by atoms with E-state index < -0.39 is 5.60 Å². The van der Waals surface area contributed by atoms with Crippen LogP contribution in [0.1, 0.15) is 33.6 Å². The van der Waals surface area contributed by atoms with E-state index in [0.29, 0.717) is 25.1 Å². The van der Waals surface area contributed by atoms with Gasteiger partial charge in [-0.25, -0.2) is 4.79 Å². The largest absolute Gasteiger partial charge is 0.444 e. The Bertz CT molecular complexity index is 679. The van der Waals surface area contributed by atoms with Crippen molar-refractivity contribution in [2.24, 2.45) is 0 Å². The summed E-state index contributed by atoms with van der Waals surface area (Å²) in [5.41, 5.74) is 1.21. The molecule has 130 valence electrons. The lowest BCUT2D eigenvalue weighted by Gasteiger charge is -2.36. The monoisotopic (exact) mass is 331 g/mol. The minimum Gasteiger partial charge on any atom is -0.444 e. The second-order valence-corrected chi connectivity index (χ2v) is 7.27. The summed E-state index contributed by atoms with van der Waals surface area (Å²) in [5, 5.41) is 0. The van der Waals surface area contributed by atoms with Crippen molar-refractivity contribution in [3.63, 3.8) is 0 Å². The van der Waals surface area contributed by atoms with Gasteiger partial charge >= 0.3 is 6.09 Å². The first-order valence-corrected chi connectivity index (χ1v) is 8.40. The number of piperidine rings is 1.